The zero-order valence-electron chi connectivity index (χ0n) is 9.87. The molecule has 3 heterocycles. The van der Waals surface area contributed by atoms with Crippen molar-refractivity contribution >= 4 is 17.3 Å². The van der Waals surface area contributed by atoms with E-state index >= 15 is 0 Å². The molecule has 3 aromatic heterocycles. The van der Waals surface area contributed by atoms with Crippen LogP contribution in [-0.4, -0.2) is 20.8 Å². The number of fused-ring (bicyclic) bond motifs is 1. The number of carbonyl (C=O) groups is 1. The van der Waals surface area contributed by atoms with E-state index in [1.54, 1.807) is 12.4 Å². The van der Waals surface area contributed by atoms with Gasteiger partial charge in [-0.15, -0.1) is 0 Å². The first kappa shape index (κ1) is 10.7. The van der Waals surface area contributed by atoms with Gasteiger partial charge in [0.2, 0.25) is 0 Å². The highest BCUT2D eigenvalue weighted by Gasteiger charge is 2.05. The number of aromatic nitrogens is 3. The molecule has 0 bridgehead atoms. The molecule has 3 aromatic rings. The summed E-state index contributed by atoms with van der Waals surface area (Å²) in [5.41, 5.74) is 3.48. The van der Waals surface area contributed by atoms with Gasteiger partial charge in [0.25, 0.3) is 0 Å². The molecule has 0 aliphatic rings. The second-order valence-corrected chi connectivity index (χ2v) is 4.21. The maximum absolute atomic E-state index is 10.7. The van der Waals surface area contributed by atoms with Crippen molar-refractivity contribution in [3.05, 3.63) is 54.1 Å². The van der Waals surface area contributed by atoms with Gasteiger partial charge in [0.05, 0.1) is 11.9 Å². The Morgan fingerprint density at radius 2 is 2.11 bits per heavy atom. The Labute approximate surface area is 104 Å². The minimum absolute atomic E-state index is 0.586. The van der Waals surface area contributed by atoms with E-state index in [1.165, 1.54) is 0 Å². The van der Waals surface area contributed by atoms with Crippen LogP contribution in [0.4, 0.5) is 0 Å². The van der Waals surface area contributed by atoms with E-state index in [0.717, 1.165) is 28.6 Å². The van der Waals surface area contributed by atoms with Crippen molar-refractivity contribution in [1.82, 2.24) is 14.5 Å². The lowest BCUT2D eigenvalue weighted by atomic mass is 10.2. The smallest absolute Gasteiger partial charge is 0.151 e. The average Bonchev–Trinajstić information content (AvgIpc) is 2.81. The van der Waals surface area contributed by atoms with Crippen LogP contribution >= 0.6 is 0 Å². The first-order chi connectivity index (χ1) is 8.78. The van der Waals surface area contributed by atoms with Gasteiger partial charge in [0.15, 0.2) is 6.29 Å². The van der Waals surface area contributed by atoms with Crippen molar-refractivity contribution < 1.29 is 4.79 Å². The number of nitrogens with zero attached hydrogens (tertiary/aromatic N) is 3. The molecule has 4 nitrogen and oxygen atoms in total. The summed E-state index contributed by atoms with van der Waals surface area (Å²) in [4.78, 5) is 19.2. The first-order valence-corrected chi connectivity index (χ1v) is 5.62. The van der Waals surface area contributed by atoms with Crippen molar-refractivity contribution in [2.24, 2.45) is 0 Å². The fraction of sp³-hybridized carbons (Fsp3) is 0.0714. The third-order valence-electron chi connectivity index (χ3n) is 2.82. The molecule has 0 atom stereocenters. The zero-order chi connectivity index (χ0) is 12.5. The van der Waals surface area contributed by atoms with Crippen molar-refractivity contribution in [2.75, 3.05) is 0 Å². The third kappa shape index (κ3) is 1.68. The van der Waals surface area contributed by atoms with E-state index in [-0.39, 0.29) is 0 Å². The van der Waals surface area contributed by atoms with Crippen LogP contribution < -0.4 is 0 Å². The lowest BCUT2D eigenvalue weighted by Crippen LogP contribution is -1.95. The Bertz CT molecular complexity index is 731. The summed E-state index contributed by atoms with van der Waals surface area (Å²) in [7, 11) is 0. The van der Waals surface area contributed by atoms with E-state index < -0.39 is 0 Å². The molecule has 0 radical (unpaired) electrons. The Morgan fingerprint density at radius 3 is 2.89 bits per heavy atom. The number of aldehydes is 1. The van der Waals surface area contributed by atoms with Gasteiger partial charge in [0, 0.05) is 29.5 Å². The minimum atomic E-state index is 0.586. The van der Waals surface area contributed by atoms with Gasteiger partial charge in [-0.05, 0) is 30.7 Å². The van der Waals surface area contributed by atoms with Crippen LogP contribution in [0.15, 0.2) is 43.0 Å². The largest absolute Gasteiger partial charge is 0.300 e. The molecule has 3 rings (SSSR count). The van der Waals surface area contributed by atoms with Crippen LogP contribution in [0.2, 0.25) is 0 Å². The number of hydrogen-bond donors (Lipinski definition) is 0. The van der Waals surface area contributed by atoms with E-state index in [2.05, 4.69) is 9.97 Å². The number of hydrogen-bond acceptors (Lipinski definition) is 3. The van der Waals surface area contributed by atoms with E-state index in [1.807, 2.05) is 42.1 Å². The van der Waals surface area contributed by atoms with Crippen LogP contribution in [0.5, 0.6) is 0 Å². The Morgan fingerprint density at radius 1 is 1.22 bits per heavy atom. The number of carbonyl (C=O) groups excluding carboxylic acids is 1. The zero-order valence-corrected chi connectivity index (χ0v) is 9.87. The predicted molar refractivity (Wildman–Crippen MR) is 69.0 cm³/mol. The van der Waals surface area contributed by atoms with Gasteiger partial charge in [-0.3, -0.25) is 14.3 Å². The fourth-order valence-electron chi connectivity index (χ4n) is 1.98. The van der Waals surface area contributed by atoms with Gasteiger partial charge in [-0.2, -0.15) is 0 Å². The number of pyridine rings is 2. The molecule has 0 saturated heterocycles. The second-order valence-electron chi connectivity index (χ2n) is 4.21. The van der Waals surface area contributed by atoms with Crippen molar-refractivity contribution in [3.63, 3.8) is 0 Å². The molecule has 0 aliphatic heterocycles. The van der Waals surface area contributed by atoms with Crippen molar-refractivity contribution in [1.29, 1.82) is 0 Å². The lowest BCUT2D eigenvalue weighted by molar-refractivity contribution is 0.112. The monoisotopic (exact) mass is 237 g/mol. The van der Waals surface area contributed by atoms with E-state index in [4.69, 9.17) is 0 Å². The molecule has 18 heavy (non-hydrogen) atoms. The molecule has 0 fully saturated rings. The second kappa shape index (κ2) is 4.07. The average molecular weight is 237 g/mol. The Kier molecular flexibility index (Phi) is 2.41. The van der Waals surface area contributed by atoms with Crippen LogP contribution in [-0.2, 0) is 0 Å². The molecular formula is C14H11N3O. The van der Waals surface area contributed by atoms with Crippen molar-refractivity contribution in [2.45, 2.75) is 6.92 Å². The van der Waals surface area contributed by atoms with E-state index in [0.29, 0.717) is 5.56 Å². The standard InChI is InChI=1S/C14H11N3O/c1-10-4-13(8-15-6-10)17-3-2-12-5-11(9-18)7-16-14(12)17/h2-9H,1H3. The van der Waals surface area contributed by atoms with Gasteiger partial charge in [-0.1, -0.05) is 0 Å². The fourth-order valence-corrected chi connectivity index (χ4v) is 1.98. The summed E-state index contributed by atoms with van der Waals surface area (Å²) in [6.45, 7) is 2.00. The summed E-state index contributed by atoms with van der Waals surface area (Å²) in [6, 6.07) is 5.81. The Balaban J connectivity index is 2.21. The summed E-state index contributed by atoms with van der Waals surface area (Å²) in [5.74, 6) is 0. The molecule has 4 heteroatoms. The summed E-state index contributed by atoms with van der Waals surface area (Å²) >= 11 is 0. The predicted octanol–water partition coefficient (Wildman–Crippen LogP) is 2.54. The maximum atomic E-state index is 10.7. The lowest BCUT2D eigenvalue weighted by Gasteiger charge is -2.04. The number of rotatable bonds is 2. The molecule has 88 valence electrons. The highest BCUT2D eigenvalue weighted by molar-refractivity contribution is 5.85. The summed E-state index contributed by atoms with van der Waals surface area (Å²) < 4.78 is 1.96. The molecule has 0 saturated carbocycles. The quantitative estimate of drug-likeness (QED) is 0.643. The normalized spacial score (nSPS) is 10.7. The van der Waals surface area contributed by atoms with Crippen molar-refractivity contribution in [3.8, 4) is 5.69 Å². The summed E-state index contributed by atoms with van der Waals surface area (Å²) in [6.07, 6.45) is 7.92. The highest BCUT2D eigenvalue weighted by Crippen LogP contribution is 2.19. The van der Waals surface area contributed by atoms with Gasteiger partial charge < -0.3 is 0 Å². The van der Waals surface area contributed by atoms with Gasteiger partial charge >= 0.3 is 0 Å². The summed E-state index contributed by atoms with van der Waals surface area (Å²) in [5, 5.41) is 0.945. The molecule has 0 N–H and O–H groups in total. The van der Waals surface area contributed by atoms with Gasteiger partial charge in [0.1, 0.15) is 5.65 Å². The van der Waals surface area contributed by atoms with Crippen LogP contribution in [0.25, 0.3) is 16.7 Å². The van der Waals surface area contributed by atoms with Crippen LogP contribution in [0.1, 0.15) is 15.9 Å². The molecular weight excluding hydrogens is 226 g/mol. The molecule has 0 aliphatic carbocycles. The van der Waals surface area contributed by atoms with E-state index in [9.17, 15) is 4.79 Å². The minimum Gasteiger partial charge on any atom is -0.300 e. The third-order valence-corrected chi connectivity index (χ3v) is 2.82. The topological polar surface area (TPSA) is 47.8 Å². The maximum Gasteiger partial charge on any atom is 0.151 e. The SMILES string of the molecule is Cc1cncc(-n2ccc3cc(C=O)cnc32)c1. The molecule has 0 spiro atoms. The van der Waals surface area contributed by atoms with Crippen LogP contribution in [0.3, 0.4) is 0 Å². The van der Waals surface area contributed by atoms with Gasteiger partial charge in [-0.25, -0.2) is 4.98 Å². The van der Waals surface area contributed by atoms with Crippen LogP contribution in [0, 0.1) is 6.92 Å². The first-order valence-electron chi connectivity index (χ1n) is 5.62. The molecule has 0 unspecified atom stereocenters. The highest BCUT2D eigenvalue weighted by atomic mass is 16.1. The molecule has 0 amide bonds. The Hall–Kier alpha value is -2.49. The number of aryl methyl sites for hydroxylation is 1. The molecule has 0 aromatic carbocycles.